The normalized spacial score (nSPS) is 11.1. The fraction of sp³-hybridized carbons (Fsp3) is 0.292. The van der Waals surface area contributed by atoms with E-state index in [1.807, 2.05) is 6.08 Å². The van der Waals surface area contributed by atoms with Gasteiger partial charge in [0.05, 0.1) is 34.0 Å². The fourth-order valence-corrected chi connectivity index (χ4v) is 3.38. The number of carbonyl (C=O) groups is 1. The highest BCUT2D eigenvalue weighted by atomic mass is 16.5. The highest BCUT2D eigenvalue weighted by molar-refractivity contribution is 6.19. The quantitative estimate of drug-likeness (QED) is 0.470. The van der Waals surface area contributed by atoms with Crippen molar-refractivity contribution >= 4 is 22.8 Å². The molecular weight excluding hydrogens is 400 g/mol. The number of aromatic hydroxyl groups is 1. The number of allylic oxidation sites excluding steroid dienone is 1. The molecule has 164 valence electrons. The Hall–Kier alpha value is -3.61. The van der Waals surface area contributed by atoms with Gasteiger partial charge in [0, 0.05) is 10.9 Å². The zero-order valence-corrected chi connectivity index (χ0v) is 18.3. The minimum absolute atomic E-state index is 0.158. The summed E-state index contributed by atoms with van der Waals surface area (Å²) in [6, 6.07) is 6.47. The largest absolute Gasteiger partial charge is 0.502 e. The molecule has 0 saturated heterocycles. The molecule has 0 atom stereocenters. The van der Waals surface area contributed by atoms with Crippen LogP contribution in [0.2, 0.25) is 0 Å². The average Bonchev–Trinajstić information content (AvgIpc) is 3.17. The number of ketones is 1. The lowest BCUT2D eigenvalue weighted by atomic mass is 9.98. The maximum Gasteiger partial charge on any atom is 0.203 e. The van der Waals surface area contributed by atoms with Crippen LogP contribution in [0.25, 0.3) is 17.0 Å². The van der Waals surface area contributed by atoms with Crippen molar-refractivity contribution in [1.82, 2.24) is 0 Å². The number of methoxy groups -OCH3 is 4. The van der Waals surface area contributed by atoms with Crippen LogP contribution < -0.4 is 18.9 Å². The third-order valence-electron chi connectivity index (χ3n) is 4.92. The number of unbranched alkanes of at least 4 members (excludes halogenated alkanes) is 1. The predicted octanol–water partition coefficient (Wildman–Crippen LogP) is 5.22. The smallest absolute Gasteiger partial charge is 0.203 e. The Balaban J connectivity index is 2.24. The van der Waals surface area contributed by atoms with Gasteiger partial charge in [0.15, 0.2) is 28.6 Å². The van der Waals surface area contributed by atoms with Crippen molar-refractivity contribution in [3.63, 3.8) is 0 Å². The van der Waals surface area contributed by atoms with Crippen molar-refractivity contribution in [1.29, 1.82) is 0 Å². The summed E-state index contributed by atoms with van der Waals surface area (Å²) in [5, 5.41) is 11.0. The van der Waals surface area contributed by atoms with Crippen LogP contribution in [0.4, 0.5) is 0 Å². The zero-order chi connectivity index (χ0) is 22.5. The van der Waals surface area contributed by atoms with Gasteiger partial charge in [0.1, 0.15) is 5.76 Å². The molecule has 0 spiro atoms. The third kappa shape index (κ3) is 4.03. The van der Waals surface area contributed by atoms with Gasteiger partial charge in [-0.05, 0) is 36.8 Å². The Kier molecular flexibility index (Phi) is 6.74. The van der Waals surface area contributed by atoms with Crippen LogP contribution in [-0.2, 0) is 0 Å². The van der Waals surface area contributed by atoms with Crippen LogP contribution in [0.3, 0.4) is 0 Å². The Morgan fingerprint density at radius 2 is 1.65 bits per heavy atom. The van der Waals surface area contributed by atoms with Crippen molar-refractivity contribution in [3.8, 4) is 28.7 Å². The predicted molar refractivity (Wildman–Crippen MR) is 118 cm³/mol. The number of phenolic OH excluding ortho intramolecular Hbond substituents is 1. The summed E-state index contributed by atoms with van der Waals surface area (Å²) in [5.74, 6) is 1.27. The van der Waals surface area contributed by atoms with Crippen LogP contribution in [0.15, 0.2) is 34.8 Å². The number of fused-ring (bicyclic) bond motifs is 1. The lowest BCUT2D eigenvalue weighted by Gasteiger charge is -2.13. The molecule has 0 amide bonds. The van der Waals surface area contributed by atoms with Crippen molar-refractivity contribution in [3.05, 3.63) is 47.2 Å². The van der Waals surface area contributed by atoms with E-state index in [1.165, 1.54) is 28.4 Å². The third-order valence-corrected chi connectivity index (χ3v) is 4.92. The van der Waals surface area contributed by atoms with Crippen LogP contribution in [0, 0.1) is 0 Å². The van der Waals surface area contributed by atoms with Crippen molar-refractivity contribution in [2.24, 2.45) is 0 Å². The molecule has 0 saturated carbocycles. The number of furan rings is 1. The number of ether oxygens (including phenoxy) is 4. The zero-order valence-electron chi connectivity index (χ0n) is 18.3. The van der Waals surface area contributed by atoms with Gasteiger partial charge in [-0.1, -0.05) is 19.4 Å². The molecule has 7 heteroatoms. The maximum absolute atomic E-state index is 13.6. The van der Waals surface area contributed by atoms with Crippen LogP contribution in [0.1, 0.15) is 41.4 Å². The molecule has 1 heterocycles. The van der Waals surface area contributed by atoms with E-state index < -0.39 is 0 Å². The Labute approximate surface area is 180 Å². The van der Waals surface area contributed by atoms with E-state index in [1.54, 1.807) is 30.3 Å². The van der Waals surface area contributed by atoms with E-state index in [4.69, 9.17) is 23.4 Å². The first-order valence-electron chi connectivity index (χ1n) is 9.84. The molecule has 0 aliphatic heterocycles. The van der Waals surface area contributed by atoms with E-state index in [9.17, 15) is 9.90 Å². The second-order valence-electron chi connectivity index (χ2n) is 6.77. The van der Waals surface area contributed by atoms with Gasteiger partial charge in [-0.25, -0.2) is 0 Å². The molecule has 3 aromatic rings. The highest BCUT2D eigenvalue weighted by Gasteiger charge is 2.26. The summed E-state index contributed by atoms with van der Waals surface area (Å²) in [6.07, 6.45) is 5.45. The molecule has 1 aromatic heterocycles. The number of hydrogen-bond donors (Lipinski definition) is 1. The molecule has 0 aliphatic carbocycles. The molecule has 2 aromatic carbocycles. The lowest BCUT2D eigenvalue weighted by molar-refractivity contribution is 0.103. The molecule has 0 radical (unpaired) electrons. The summed E-state index contributed by atoms with van der Waals surface area (Å²) in [5.41, 5.74) is 0.846. The van der Waals surface area contributed by atoms with Gasteiger partial charge in [0.25, 0.3) is 0 Å². The summed E-state index contributed by atoms with van der Waals surface area (Å²) < 4.78 is 27.2. The topological polar surface area (TPSA) is 87.4 Å². The lowest BCUT2D eigenvalue weighted by Crippen LogP contribution is -2.05. The van der Waals surface area contributed by atoms with Gasteiger partial charge >= 0.3 is 0 Å². The van der Waals surface area contributed by atoms with Crippen molar-refractivity contribution in [2.45, 2.75) is 19.8 Å². The van der Waals surface area contributed by atoms with E-state index in [0.717, 1.165) is 12.8 Å². The summed E-state index contributed by atoms with van der Waals surface area (Å²) >= 11 is 0. The SMILES string of the molecule is CCC/C=C/c1oc2c(O)c(OC)ccc2c1C(=O)c1cc(OC)c(OC)c(OC)c1. The molecule has 0 fully saturated rings. The summed E-state index contributed by atoms with van der Waals surface area (Å²) in [7, 11) is 5.93. The molecule has 0 bridgehead atoms. The number of phenols is 1. The Morgan fingerprint density at radius 3 is 2.19 bits per heavy atom. The van der Waals surface area contributed by atoms with Crippen LogP contribution >= 0.6 is 0 Å². The molecule has 0 aliphatic rings. The standard InChI is InChI=1S/C24H26O7/c1-6-7-8-9-16-20(15-10-11-17(27-2)22(26)23(15)31-16)21(25)14-12-18(28-3)24(30-5)19(13-14)29-4/h8-13,26H,6-7H2,1-5H3/b9-8+. The fourth-order valence-electron chi connectivity index (χ4n) is 3.38. The van der Waals surface area contributed by atoms with Gasteiger partial charge in [-0.3, -0.25) is 4.79 Å². The van der Waals surface area contributed by atoms with Crippen molar-refractivity contribution in [2.75, 3.05) is 28.4 Å². The molecule has 7 nitrogen and oxygen atoms in total. The first kappa shape index (κ1) is 22.1. The van der Waals surface area contributed by atoms with Gasteiger partial charge in [-0.15, -0.1) is 0 Å². The molecule has 31 heavy (non-hydrogen) atoms. The van der Waals surface area contributed by atoms with Crippen LogP contribution in [-0.4, -0.2) is 39.3 Å². The van der Waals surface area contributed by atoms with Gasteiger partial charge in [-0.2, -0.15) is 0 Å². The van der Waals surface area contributed by atoms with E-state index in [0.29, 0.717) is 39.5 Å². The first-order valence-corrected chi connectivity index (χ1v) is 9.84. The molecule has 3 rings (SSSR count). The maximum atomic E-state index is 13.6. The minimum Gasteiger partial charge on any atom is -0.502 e. The van der Waals surface area contributed by atoms with E-state index in [-0.39, 0.29) is 22.9 Å². The summed E-state index contributed by atoms with van der Waals surface area (Å²) in [4.78, 5) is 13.6. The second kappa shape index (κ2) is 9.47. The first-order chi connectivity index (χ1) is 15.0. The summed E-state index contributed by atoms with van der Waals surface area (Å²) in [6.45, 7) is 2.06. The second-order valence-corrected chi connectivity index (χ2v) is 6.77. The van der Waals surface area contributed by atoms with E-state index in [2.05, 4.69) is 6.92 Å². The van der Waals surface area contributed by atoms with Gasteiger partial charge in [0.2, 0.25) is 11.5 Å². The molecular formula is C24H26O7. The van der Waals surface area contributed by atoms with E-state index >= 15 is 0 Å². The van der Waals surface area contributed by atoms with Gasteiger partial charge < -0.3 is 28.5 Å². The molecule has 0 unspecified atom stereocenters. The number of rotatable bonds is 9. The number of hydrogen-bond acceptors (Lipinski definition) is 7. The average molecular weight is 426 g/mol. The highest BCUT2D eigenvalue weighted by Crippen LogP contribution is 2.42. The number of carbonyl (C=O) groups excluding carboxylic acids is 1. The monoisotopic (exact) mass is 426 g/mol. The Bertz CT molecular complexity index is 1100. The molecule has 1 N–H and O–H groups in total. The number of benzene rings is 2. The van der Waals surface area contributed by atoms with Crippen LogP contribution in [0.5, 0.6) is 28.7 Å². The minimum atomic E-state index is -0.307. The van der Waals surface area contributed by atoms with Crippen molar-refractivity contribution < 1.29 is 33.3 Å². The Morgan fingerprint density at radius 1 is 1.00 bits per heavy atom.